The standard InChI is InChI=1S/C29H43NO6SSi/c1-9-23-19-35-28(30(23)37(33,34)24-17-15-20(2)16-18-24)25(27(32)22-13-11-10-12-14-22)26(31)21(3)36-38(7,8)29(4,5)6/h10-18,21,23,25-26,28,31H,9,19H2,1-8H3/t21-,23+,25-,26-,28+/m0/s1. The molecular weight excluding hydrogens is 518 g/mol. The molecule has 1 N–H and O–H groups in total. The number of carbonyl (C=O) groups excluding carboxylic acids is 1. The third-order valence-electron chi connectivity index (χ3n) is 7.94. The lowest BCUT2D eigenvalue weighted by Crippen LogP contribution is -2.55. The number of carbonyl (C=O) groups is 1. The number of hydrogen-bond acceptors (Lipinski definition) is 6. The van der Waals surface area contributed by atoms with E-state index in [1.54, 1.807) is 61.5 Å². The molecular formula is C29H43NO6SSi. The average molecular weight is 562 g/mol. The fourth-order valence-electron chi connectivity index (χ4n) is 4.54. The van der Waals surface area contributed by atoms with Crippen molar-refractivity contribution < 1.29 is 27.5 Å². The van der Waals surface area contributed by atoms with E-state index in [0.717, 1.165) is 5.56 Å². The van der Waals surface area contributed by atoms with Gasteiger partial charge in [-0.25, -0.2) is 8.42 Å². The van der Waals surface area contributed by atoms with Gasteiger partial charge in [0.2, 0.25) is 10.0 Å². The zero-order valence-electron chi connectivity index (χ0n) is 23.8. The minimum absolute atomic E-state index is 0.113. The van der Waals surface area contributed by atoms with Crippen LogP contribution in [0, 0.1) is 12.8 Å². The number of aryl methyl sites for hydroxylation is 1. The number of ketones is 1. The average Bonchev–Trinajstić information content (AvgIpc) is 3.28. The van der Waals surface area contributed by atoms with Crippen molar-refractivity contribution in [3.8, 4) is 0 Å². The van der Waals surface area contributed by atoms with Crippen LogP contribution < -0.4 is 0 Å². The van der Waals surface area contributed by atoms with Crippen molar-refractivity contribution in [1.29, 1.82) is 0 Å². The maximum atomic E-state index is 14.0. The van der Waals surface area contributed by atoms with Gasteiger partial charge in [-0.2, -0.15) is 4.31 Å². The van der Waals surface area contributed by atoms with Gasteiger partial charge < -0.3 is 14.3 Å². The number of aliphatic hydroxyl groups excluding tert-OH is 1. The lowest BCUT2D eigenvalue weighted by molar-refractivity contribution is -0.0617. The predicted molar refractivity (Wildman–Crippen MR) is 152 cm³/mol. The predicted octanol–water partition coefficient (Wildman–Crippen LogP) is 5.39. The molecule has 0 unspecified atom stereocenters. The minimum Gasteiger partial charge on any atom is -0.412 e. The summed E-state index contributed by atoms with van der Waals surface area (Å²) in [6.45, 7) is 16.1. The Morgan fingerprint density at radius 1 is 1.13 bits per heavy atom. The lowest BCUT2D eigenvalue weighted by Gasteiger charge is -2.41. The number of rotatable bonds is 10. The first-order valence-electron chi connectivity index (χ1n) is 13.3. The van der Waals surface area contributed by atoms with Crippen LogP contribution in [0.25, 0.3) is 0 Å². The fraction of sp³-hybridized carbons (Fsp3) is 0.552. The molecule has 0 saturated carbocycles. The van der Waals surface area contributed by atoms with E-state index < -0.39 is 48.7 Å². The number of hydrogen-bond donors (Lipinski definition) is 1. The fourth-order valence-corrected chi connectivity index (χ4v) is 7.75. The molecule has 1 aliphatic rings. The Balaban J connectivity index is 2.09. The Morgan fingerprint density at radius 3 is 2.24 bits per heavy atom. The summed E-state index contributed by atoms with van der Waals surface area (Å²) < 4.78 is 41.8. The van der Waals surface area contributed by atoms with Crippen LogP contribution in [0.15, 0.2) is 59.5 Å². The monoisotopic (exact) mass is 561 g/mol. The summed E-state index contributed by atoms with van der Waals surface area (Å²) >= 11 is 0. The number of nitrogens with zero attached hydrogens (tertiary/aromatic N) is 1. The molecule has 3 rings (SSSR count). The van der Waals surface area contributed by atoms with Crippen LogP contribution >= 0.6 is 0 Å². The molecule has 0 aromatic heterocycles. The largest absolute Gasteiger partial charge is 0.412 e. The van der Waals surface area contributed by atoms with Crippen molar-refractivity contribution >= 4 is 24.1 Å². The molecule has 2 aromatic rings. The van der Waals surface area contributed by atoms with Gasteiger partial charge >= 0.3 is 0 Å². The molecule has 0 aliphatic carbocycles. The molecule has 2 aromatic carbocycles. The first-order valence-corrected chi connectivity index (χ1v) is 17.6. The third kappa shape index (κ3) is 6.29. The van der Waals surface area contributed by atoms with Gasteiger partial charge in [0.25, 0.3) is 0 Å². The highest BCUT2D eigenvalue weighted by Crippen LogP contribution is 2.40. The van der Waals surface area contributed by atoms with E-state index in [2.05, 4.69) is 33.9 Å². The number of ether oxygens (including phenoxy) is 1. The second-order valence-corrected chi connectivity index (χ2v) is 18.4. The van der Waals surface area contributed by atoms with Crippen molar-refractivity contribution in [2.45, 2.75) is 95.5 Å². The smallest absolute Gasteiger partial charge is 0.245 e. The normalized spacial score (nSPS) is 21.7. The van der Waals surface area contributed by atoms with Crippen LogP contribution in [0.2, 0.25) is 18.1 Å². The molecule has 1 heterocycles. The summed E-state index contributed by atoms with van der Waals surface area (Å²) in [7, 11) is -6.34. The molecule has 1 saturated heterocycles. The molecule has 9 heteroatoms. The van der Waals surface area contributed by atoms with Gasteiger partial charge in [0, 0.05) is 5.56 Å². The van der Waals surface area contributed by atoms with Crippen LogP contribution in [-0.4, -0.2) is 63.0 Å². The first kappa shape index (κ1) is 30.7. The molecule has 7 nitrogen and oxygen atoms in total. The van der Waals surface area contributed by atoms with Crippen LogP contribution in [0.1, 0.15) is 57.0 Å². The van der Waals surface area contributed by atoms with E-state index in [1.807, 2.05) is 13.8 Å². The van der Waals surface area contributed by atoms with Gasteiger partial charge in [0.05, 0.1) is 35.7 Å². The SMILES string of the molecule is CC[C@@H]1CO[C@H]([C@H](C(=O)c2ccccc2)[C@@H](O)[C@H](C)O[Si](C)(C)C(C)(C)C)N1S(=O)(=O)c1ccc(C)cc1. The molecule has 0 amide bonds. The van der Waals surface area contributed by atoms with Gasteiger partial charge in [-0.1, -0.05) is 75.7 Å². The molecule has 38 heavy (non-hydrogen) atoms. The molecule has 0 spiro atoms. The summed E-state index contributed by atoms with van der Waals surface area (Å²) in [5.74, 6) is -1.57. The van der Waals surface area contributed by atoms with E-state index >= 15 is 0 Å². The summed E-state index contributed by atoms with van der Waals surface area (Å²) in [6.07, 6.45) is -2.70. The second kappa shape index (κ2) is 11.7. The van der Waals surface area contributed by atoms with Crippen LogP contribution in [0.4, 0.5) is 0 Å². The van der Waals surface area contributed by atoms with Gasteiger partial charge in [-0.05, 0) is 50.5 Å². The molecule has 5 atom stereocenters. The summed E-state index contributed by atoms with van der Waals surface area (Å²) in [4.78, 5) is 14.1. The molecule has 1 aliphatic heterocycles. The van der Waals surface area contributed by atoms with Crippen molar-refractivity contribution in [2.75, 3.05) is 6.61 Å². The lowest BCUT2D eigenvalue weighted by atomic mass is 9.88. The van der Waals surface area contributed by atoms with Crippen molar-refractivity contribution in [1.82, 2.24) is 4.31 Å². The van der Waals surface area contributed by atoms with E-state index in [4.69, 9.17) is 9.16 Å². The Labute approximate surface area is 229 Å². The zero-order valence-corrected chi connectivity index (χ0v) is 25.7. The summed E-state index contributed by atoms with van der Waals surface area (Å²) in [5, 5.41) is 11.6. The summed E-state index contributed by atoms with van der Waals surface area (Å²) in [5.41, 5.74) is 1.32. The third-order valence-corrected chi connectivity index (χ3v) is 14.4. The molecule has 0 bridgehead atoms. The van der Waals surface area contributed by atoms with Gasteiger partial charge in [0.1, 0.15) is 6.23 Å². The topological polar surface area (TPSA) is 93.1 Å². The van der Waals surface area contributed by atoms with Crippen molar-refractivity contribution in [2.24, 2.45) is 5.92 Å². The Kier molecular flexibility index (Phi) is 9.44. The quantitative estimate of drug-likeness (QED) is 0.309. The van der Waals surface area contributed by atoms with Crippen molar-refractivity contribution in [3.63, 3.8) is 0 Å². The highest BCUT2D eigenvalue weighted by Gasteiger charge is 2.52. The zero-order chi connectivity index (χ0) is 28.5. The van der Waals surface area contributed by atoms with Crippen LogP contribution in [-0.2, 0) is 19.2 Å². The van der Waals surface area contributed by atoms with Gasteiger partial charge in [0.15, 0.2) is 14.1 Å². The van der Waals surface area contributed by atoms with Crippen molar-refractivity contribution in [3.05, 3.63) is 65.7 Å². The number of aliphatic hydroxyl groups is 1. The number of Topliss-reactive ketones (excluding diaryl/α,β-unsaturated/α-hetero) is 1. The van der Waals surface area contributed by atoms with Crippen LogP contribution in [0.5, 0.6) is 0 Å². The highest BCUT2D eigenvalue weighted by molar-refractivity contribution is 7.89. The minimum atomic E-state index is -4.03. The molecule has 0 radical (unpaired) electrons. The Hall–Kier alpha value is -1.88. The molecule has 1 fully saturated rings. The van der Waals surface area contributed by atoms with E-state index in [1.165, 1.54) is 4.31 Å². The maximum absolute atomic E-state index is 14.0. The maximum Gasteiger partial charge on any atom is 0.245 e. The van der Waals surface area contributed by atoms with Gasteiger partial charge in [-0.15, -0.1) is 0 Å². The van der Waals surface area contributed by atoms with Crippen LogP contribution in [0.3, 0.4) is 0 Å². The molecule has 210 valence electrons. The van der Waals surface area contributed by atoms with E-state index in [0.29, 0.717) is 12.0 Å². The Morgan fingerprint density at radius 2 is 1.71 bits per heavy atom. The Bertz CT molecular complexity index is 1190. The number of sulfonamides is 1. The number of benzene rings is 2. The van der Waals surface area contributed by atoms with E-state index in [-0.39, 0.29) is 22.3 Å². The van der Waals surface area contributed by atoms with Gasteiger partial charge in [-0.3, -0.25) is 4.79 Å². The second-order valence-electron chi connectivity index (χ2n) is 11.8. The highest BCUT2D eigenvalue weighted by atomic mass is 32.2. The first-order chi connectivity index (χ1) is 17.6. The van der Waals surface area contributed by atoms with E-state index in [9.17, 15) is 18.3 Å². The summed E-state index contributed by atoms with van der Waals surface area (Å²) in [6, 6.07) is 14.8.